The second-order valence-electron chi connectivity index (χ2n) is 4.74. The zero-order valence-corrected chi connectivity index (χ0v) is 11.0. The van der Waals surface area contributed by atoms with Crippen molar-refractivity contribution in [1.29, 1.82) is 0 Å². The maximum Gasteiger partial charge on any atom is 0.234 e. The van der Waals surface area contributed by atoms with Crippen molar-refractivity contribution in [3.63, 3.8) is 0 Å². The second kappa shape index (κ2) is 6.63. The van der Waals surface area contributed by atoms with Crippen molar-refractivity contribution in [1.82, 2.24) is 10.6 Å². The number of halogens is 1. The standard InChI is InChI=1S/C14H19FN2O2/c1-19-6-5-16-9-14(18)17-13-8-12(13)10-3-2-4-11(15)7-10/h2-4,7,12-13,16H,5-6,8-9H2,1H3,(H,17,18). The summed E-state index contributed by atoms with van der Waals surface area (Å²) in [6.45, 7) is 1.53. The summed E-state index contributed by atoms with van der Waals surface area (Å²) in [7, 11) is 1.62. The lowest BCUT2D eigenvalue weighted by atomic mass is 10.1. The summed E-state index contributed by atoms with van der Waals surface area (Å²) in [5.74, 6) is -0.00524. The van der Waals surface area contributed by atoms with E-state index in [1.807, 2.05) is 6.07 Å². The molecule has 2 unspecified atom stereocenters. The van der Waals surface area contributed by atoms with Crippen LogP contribution in [0.25, 0.3) is 0 Å². The molecule has 19 heavy (non-hydrogen) atoms. The lowest BCUT2D eigenvalue weighted by molar-refractivity contribution is -0.120. The average Bonchev–Trinajstić information content (AvgIpc) is 3.14. The van der Waals surface area contributed by atoms with Gasteiger partial charge in [-0.05, 0) is 24.1 Å². The van der Waals surface area contributed by atoms with Gasteiger partial charge in [0.05, 0.1) is 13.2 Å². The second-order valence-corrected chi connectivity index (χ2v) is 4.74. The van der Waals surface area contributed by atoms with Gasteiger partial charge in [0.25, 0.3) is 0 Å². The molecule has 5 heteroatoms. The molecule has 1 amide bonds. The number of benzene rings is 1. The Labute approximate surface area is 112 Å². The molecule has 2 rings (SSSR count). The Morgan fingerprint density at radius 3 is 3.11 bits per heavy atom. The molecular weight excluding hydrogens is 247 g/mol. The quantitative estimate of drug-likeness (QED) is 0.725. The van der Waals surface area contributed by atoms with Crippen molar-refractivity contribution in [2.75, 3.05) is 26.8 Å². The third kappa shape index (κ3) is 4.29. The maximum atomic E-state index is 13.1. The molecule has 0 saturated heterocycles. The molecule has 4 nitrogen and oxygen atoms in total. The number of hydrogen-bond acceptors (Lipinski definition) is 3. The van der Waals surface area contributed by atoms with Crippen LogP contribution in [-0.2, 0) is 9.53 Å². The van der Waals surface area contributed by atoms with Crippen molar-refractivity contribution < 1.29 is 13.9 Å². The van der Waals surface area contributed by atoms with E-state index in [0.29, 0.717) is 13.2 Å². The summed E-state index contributed by atoms with van der Waals surface area (Å²) >= 11 is 0. The Balaban J connectivity index is 1.70. The fourth-order valence-electron chi connectivity index (χ4n) is 2.09. The maximum absolute atomic E-state index is 13.1. The van der Waals surface area contributed by atoms with Crippen LogP contribution in [0.1, 0.15) is 17.9 Å². The highest BCUT2D eigenvalue weighted by Gasteiger charge is 2.39. The number of carbonyl (C=O) groups excluding carboxylic acids is 1. The summed E-state index contributed by atoms with van der Waals surface area (Å²) in [5.41, 5.74) is 0.956. The molecular formula is C14H19FN2O2. The van der Waals surface area contributed by atoms with Crippen LogP contribution in [0.4, 0.5) is 4.39 Å². The molecule has 2 N–H and O–H groups in total. The molecule has 0 radical (unpaired) electrons. The minimum atomic E-state index is -0.226. The summed E-state index contributed by atoms with van der Waals surface area (Å²) in [4.78, 5) is 11.6. The van der Waals surface area contributed by atoms with Crippen LogP contribution in [0.2, 0.25) is 0 Å². The van der Waals surface area contributed by atoms with E-state index in [4.69, 9.17) is 4.74 Å². The van der Waals surface area contributed by atoms with E-state index < -0.39 is 0 Å². The number of rotatable bonds is 7. The molecule has 1 aromatic carbocycles. The van der Waals surface area contributed by atoms with E-state index in [2.05, 4.69) is 10.6 Å². The lowest BCUT2D eigenvalue weighted by Crippen LogP contribution is -2.36. The zero-order valence-electron chi connectivity index (χ0n) is 11.0. The minimum Gasteiger partial charge on any atom is -0.383 e. The molecule has 2 atom stereocenters. The Kier molecular flexibility index (Phi) is 4.87. The Bertz CT molecular complexity index is 439. The first-order valence-electron chi connectivity index (χ1n) is 6.45. The number of methoxy groups -OCH3 is 1. The molecule has 1 saturated carbocycles. The first kappa shape index (κ1) is 14.0. The number of hydrogen-bond donors (Lipinski definition) is 2. The Hall–Kier alpha value is -1.46. The molecule has 0 aromatic heterocycles. The van der Waals surface area contributed by atoms with Crippen LogP contribution < -0.4 is 10.6 Å². The number of carbonyl (C=O) groups is 1. The van der Waals surface area contributed by atoms with E-state index in [-0.39, 0.29) is 30.2 Å². The predicted octanol–water partition coefficient (Wildman–Crippen LogP) is 1.03. The molecule has 0 heterocycles. The van der Waals surface area contributed by atoms with Crippen molar-refractivity contribution in [2.45, 2.75) is 18.4 Å². The third-order valence-corrected chi connectivity index (χ3v) is 3.18. The molecule has 1 aromatic rings. The fraction of sp³-hybridized carbons (Fsp3) is 0.500. The van der Waals surface area contributed by atoms with Gasteiger partial charge in [0.1, 0.15) is 5.82 Å². The molecule has 1 aliphatic rings. The van der Waals surface area contributed by atoms with Crippen LogP contribution in [0.3, 0.4) is 0 Å². The monoisotopic (exact) mass is 266 g/mol. The molecule has 0 aliphatic heterocycles. The summed E-state index contributed by atoms with van der Waals surface area (Å²) in [5, 5.41) is 5.92. The van der Waals surface area contributed by atoms with Gasteiger partial charge in [0.15, 0.2) is 0 Å². The summed E-state index contributed by atoms with van der Waals surface area (Å²) < 4.78 is 17.9. The summed E-state index contributed by atoms with van der Waals surface area (Å²) in [6, 6.07) is 6.70. The van der Waals surface area contributed by atoms with Crippen LogP contribution in [0.5, 0.6) is 0 Å². The molecule has 1 fully saturated rings. The van der Waals surface area contributed by atoms with E-state index in [1.54, 1.807) is 13.2 Å². The van der Waals surface area contributed by atoms with Gasteiger partial charge in [-0.1, -0.05) is 12.1 Å². The highest BCUT2D eigenvalue weighted by molar-refractivity contribution is 5.78. The van der Waals surface area contributed by atoms with Crippen LogP contribution >= 0.6 is 0 Å². The molecule has 1 aliphatic carbocycles. The highest BCUT2D eigenvalue weighted by Crippen LogP contribution is 2.40. The highest BCUT2D eigenvalue weighted by atomic mass is 19.1. The van der Waals surface area contributed by atoms with E-state index in [0.717, 1.165) is 12.0 Å². The Morgan fingerprint density at radius 1 is 1.53 bits per heavy atom. The normalized spacial score (nSPS) is 21.2. The van der Waals surface area contributed by atoms with Gasteiger partial charge in [0.2, 0.25) is 5.91 Å². The largest absolute Gasteiger partial charge is 0.383 e. The molecule has 0 spiro atoms. The van der Waals surface area contributed by atoms with Crippen molar-refractivity contribution in [3.05, 3.63) is 35.6 Å². The minimum absolute atomic E-state index is 0.0278. The van der Waals surface area contributed by atoms with Crippen LogP contribution in [0, 0.1) is 5.82 Å². The van der Waals surface area contributed by atoms with Gasteiger partial charge >= 0.3 is 0 Å². The van der Waals surface area contributed by atoms with Gasteiger partial charge in [0, 0.05) is 25.6 Å². The zero-order chi connectivity index (χ0) is 13.7. The van der Waals surface area contributed by atoms with E-state index in [9.17, 15) is 9.18 Å². The fourth-order valence-corrected chi connectivity index (χ4v) is 2.09. The SMILES string of the molecule is COCCNCC(=O)NC1CC1c1cccc(F)c1. The van der Waals surface area contributed by atoms with Gasteiger partial charge in [-0.15, -0.1) is 0 Å². The van der Waals surface area contributed by atoms with E-state index in [1.165, 1.54) is 12.1 Å². The number of ether oxygens (including phenoxy) is 1. The van der Waals surface area contributed by atoms with Crippen molar-refractivity contribution >= 4 is 5.91 Å². The molecule has 104 valence electrons. The lowest BCUT2D eigenvalue weighted by Gasteiger charge is -2.06. The topological polar surface area (TPSA) is 50.4 Å². The number of amides is 1. The average molecular weight is 266 g/mol. The van der Waals surface area contributed by atoms with E-state index >= 15 is 0 Å². The summed E-state index contributed by atoms with van der Waals surface area (Å²) in [6.07, 6.45) is 0.882. The smallest absolute Gasteiger partial charge is 0.234 e. The van der Waals surface area contributed by atoms with Crippen molar-refractivity contribution in [2.24, 2.45) is 0 Å². The number of nitrogens with one attached hydrogen (secondary N) is 2. The Morgan fingerprint density at radius 2 is 2.37 bits per heavy atom. The molecule has 0 bridgehead atoms. The van der Waals surface area contributed by atoms with Gasteiger partial charge in [-0.3, -0.25) is 4.79 Å². The van der Waals surface area contributed by atoms with Crippen molar-refractivity contribution in [3.8, 4) is 0 Å². The van der Waals surface area contributed by atoms with Crippen LogP contribution in [0.15, 0.2) is 24.3 Å². The predicted molar refractivity (Wildman–Crippen MR) is 70.4 cm³/mol. The van der Waals surface area contributed by atoms with Crippen LogP contribution in [-0.4, -0.2) is 38.8 Å². The first-order chi connectivity index (χ1) is 9.20. The van der Waals surface area contributed by atoms with Gasteiger partial charge in [-0.25, -0.2) is 4.39 Å². The third-order valence-electron chi connectivity index (χ3n) is 3.18. The van der Waals surface area contributed by atoms with Gasteiger partial charge in [-0.2, -0.15) is 0 Å². The van der Waals surface area contributed by atoms with Gasteiger partial charge < -0.3 is 15.4 Å². The first-order valence-corrected chi connectivity index (χ1v) is 6.45.